The van der Waals surface area contributed by atoms with Crippen LogP contribution in [-0.2, 0) is 6.42 Å². The van der Waals surface area contributed by atoms with Crippen molar-refractivity contribution in [1.29, 1.82) is 0 Å². The van der Waals surface area contributed by atoms with E-state index in [0.29, 0.717) is 34.8 Å². The van der Waals surface area contributed by atoms with Crippen molar-refractivity contribution in [3.05, 3.63) is 68.2 Å². The predicted octanol–water partition coefficient (Wildman–Crippen LogP) is 3.31. The molecule has 120 valence electrons. The van der Waals surface area contributed by atoms with E-state index in [1.165, 1.54) is 12.1 Å². The summed E-state index contributed by atoms with van der Waals surface area (Å²) < 4.78 is 0. The van der Waals surface area contributed by atoms with Gasteiger partial charge < -0.3 is 11.1 Å². The van der Waals surface area contributed by atoms with Gasteiger partial charge in [0.05, 0.1) is 15.6 Å². The maximum Gasteiger partial charge on any atom is 0.271 e. The fourth-order valence-electron chi connectivity index (χ4n) is 2.27. The number of carbonyl (C=O) groups excluding carboxylic acids is 1. The highest BCUT2D eigenvalue weighted by molar-refractivity contribution is 6.33. The molecule has 2 rings (SSSR count). The minimum atomic E-state index is -0.474. The maximum absolute atomic E-state index is 11.2. The third-order valence-electron chi connectivity index (χ3n) is 3.41. The van der Waals surface area contributed by atoms with Gasteiger partial charge in [-0.15, -0.1) is 0 Å². The molecule has 0 aliphatic rings. The van der Waals surface area contributed by atoms with Gasteiger partial charge in [-0.3, -0.25) is 14.9 Å². The second-order valence-corrected chi connectivity index (χ2v) is 5.53. The SMILES string of the molecule is Cc1cc([N+](=O)[O-])cc(Cl)c1NCCc1cccc(C(N)=O)c1. The molecule has 0 aromatic heterocycles. The molecule has 1 amide bonds. The normalized spacial score (nSPS) is 10.3. The zero-order valence-corrected chi connectivity index (χ0v) is 13.3. The summed E-state index contributed by atoms with van der Waals surface area (Å²) in [6.45, 7) is 2.33. The minimum Gasteiger partial charge on any atom is -0.383 e. The average molecular weight is 334 g/mol. The number of nitro groups is 1. The van der Waals surface area contributed by atoms with Crippen molar-refractivity contribution >= 4 is 28.9 Å². The van der Waals surface area contributed by atoms with E-state index in [0.717, 1.165) is 5.56 Å². The first-order chi connectivity index (χ1) is 10.9. The summed E-state index contributed by atoms with van der Waals surface area (Å²) in [5, 5.41) is 14.3. The highest BCUT2D eigenvalue weighted by Crippen LogP contribution is 2.30. The summed E-state index contributed by atoms with van der Waals surface area (Å²) in [6, 6.07) is 9.88. The van der Waals surface area contributed by atoms with Crippen LogP contribution in [0.15, 0.2) is 36.4 Å². The van der Waals surface area contributed by atoms with E-state index in [1.54, 1.807) is 25.1 Å². The number of nitro benzene ring substituents is 1. The van der Waals surface area contributed by atoms with Crippen LogP contribution in [0, 0.1) is 17.0 Å². The second kappa shape index (κ2) is 7.11. The van der Waals surface area contributed by atoms with Crippen LogP contribution >= 0.6 is 11.6 Å². The molecule has 2 aromatic rings. The molecule has 2 aromatic carbocycles. The molecule has 0 bridgehead atoms. The zero-order valence-electron chi connectivity index (χ0n) is 12.5. The number of nitrogens with one attached hydrogen (secondary N) is 1. The lowest BCUT2D eigenvalue weighted by Crippen LogP contribution is -2.12. The number of nitrogens with two attached hydrogens (primary N) is 1. The van der Waals surface area contributed by atoms with E-state index < -0.39 is 10.8 Å². The Morgan fingerprint density at radius 3 is 2.70 bits per heavy atom. The molecule has 23 heavy (non-hydrogen) atoms. The van der Waals surface area contributed by atoms with Gasteiger partial charge in [-0.25, -0.2) is 0 Å². The number of anilines is 1. The lowest BCUT2D eigenvalue weighted by atomic mass is 10.1. The van der Waals surface area contributed by atoms with Gasteiger partial charge in [-0.05, 0) is 36.6 Å². The Hall–Kier alpha value is -2.60. The Bertz CT molecular complexity index is 739. The second-order valence-electron chi connectivity index (χ2n) is 5.12. The van der Waals surface area contributed by atoms with Crippen molar-refractivity contribution in [3.63, 3.8) is 0 Å². The number of benzene rings is 2. The van der Waals surface area contributed by atoms with E-state index >= 15 is 0 Å². The van der Waals surface area contributed by atoms with Crippen LogP contribution in [-0.4, -0.2) is 17.4 Å². The molecule has 0 unspecified atom stereocenters. The first-order valence-corrected chi connectivity index (χ1v) is 7.33. The number of non-ortho nitro benzene ring substituents is 1. The Balaban J connectivity index is 2.06. The van der Waals surface area contributed by atoms with Crippen LogP contribution in [0.3, 0.4) is 0 Å². The number of hydrogen-bond donors (Lipinski definition) is 2. The van der Waals surface area contributed by atoms with E-state index in [-0.39, 0.29) is 5.69 Å². The molecule has 0 spiro atoms. The lowest BCUT2D eigenvalue weighted by molar-refractivity contribution is -0.384. The Labute approximate surface area is 138 Å². The van der Waals surface area contributed by atoms with Crippen LogP contribution in [0.4, 0.5) is 11.4 Å². The predicted molar refractivity (Wildman–Crippen MR) is 90.0 cm³/mol. The number of carbonyl (C=O) groups is 1. The summed E-state index contributed by atoms with van der Waals surface area (Å²) in [4.78, 5) is 21.5. The van der Waals surface area contributed by atoms with Crippen molar-refractivity contribution in [2.45, 2.75) is 13.3 Å². The quantitative estimate of drug-likeness (QED) is 0.625. The monoisotopic (exact) mass is 333 g/mol. The third kappa shape index (κ3) is 4.20. The van der Waals surface area contributed by atoms with Crippen molar-refractivity contribution in [2.75, 3.05) is 11.9 Å². The number of amides is 1. The molecule has 0 heterocycles. The van der Waals surface area contributed by atoms with Gasteiger partial charge in [0, 0.05) is 24.2 Å². The summed E-state index contributed by atoms with van der Waals surface area (Å²) in [6.07, 6.45) is 0.661. The number of halogens is 1. The highest BCUT2D eigenvalue weighted by Gasteiger charge is 2.13. The first kappa shape index (κ1) is 16.8. The number of nitrogens with zero attached hydrogens (tertiary/aromatic N) is 1. The fourth-order valence-corrected chi connectivity index (χ4v) is 2.59. The number of primary amides is 1. The highest BCUT2D eigenvalue weighted by atomic mass is 35.5. The molecule has 0 saturated carbocycles. The molecule has 0 saturated heterocycles. The Kier molecular flexibility index (Phi) is 5.18. The molecule has 0 aliphatic carbocycles. The van der Waals surface area contributed by atoms with Gasteiger partial charge in [-0.2, -0.15) is 0 Å². The number of rotatable bonds is 6. The van der Waals surface area contributed by atoms with E-state index in [4.69, 9.17) is 17.3 Å². The van der Waals surface area contributed by atoms with Gasteiger partial charge in [0.2, 0.25) is 5.91 Å². The maximum atomic E-state index is 11.2. The number of hydrogen-bond acceptors (Lipinski definition) is 4. The van der Waals surface area contributed by atoms with Gasteiger partial charge >= 0.3 is 0 Å². The molecular formula is C16H16ClN3O3. The first-order valence-electron chi connectivity index (χ1n) is 6.95. The molecule has 0 aliphatic heterocycles. The Morgan fingerprint density at radius 2 is 2.09 bits per heavy atom. The van der Waals surface area contributed by atoms with E-state index in [9.17, 15) is 14.9 Å². The Morgan fingerprint density at radius 1 is 1.35 bits per heavy atom. The largest absolute Gasteiger partial charge is 0.383 e. The smallest absolute Gasteiger partial charge is 0.271 e. The number of aryl methyl sites for hydroxylation is 1. The van der Waals surface area contributed by atoms with Gasteiger partial charge in [-0.1, -0.05) is 23.7 Å². The third-order valence-corrected chi connectivity index (χ3v) is 3.71. The molecule has 0 radical (unpaired) electrons. The fraction of sp³-hybridized carbons (Fsp3) is 0.188. The zero-order chi connectivity index (χ0) is 17.0. The van der Waals surface area contributed by atoms with Gasteiger partial charge in [0.25, 0.3) is 5.69 Å². The molecule has 0 fully saturated rings. The van der Waals surface area contributed by atoms with Crippen molar-refractivity contribution < 1.29 is 9.72 Å². The van der Waals surface area contributed by atoms with Gasteiger partial charge in [0.15, 0.2) is 0 Å². The van der Waals surface area contributed by atoms with E-state index in [2.05, 4.69) is 5.32 Å². The minimum absolute atomic E-state index is 0.0350. The average Bonchev–Trinajstić information content (AvgIpc) is 2.50. The van der Waals surface area contributed by atoms with Crippen LogP contribution in [0.1, 0.15) is 21.5 Å². The summed E-state index contributed by atoms with van der Waals surface area (Å²) in [5.74, 6) is -0.464. The summed E-state index contributed by atoms with van der Waals surface area (Å²) in [5.41, 5.74) is 8.02. The van der Waals surface area contributed by atoms with E-state index in [1.807, 2.05) is 6.07 Å². The van der Waals surface area contributed by atoms with Crippen LogP contribution in [0.25, 0.3) is 0 Å². The summed E-state index contributed by atoms with van der Waals surface area (Å²) in [7, 11) is 0. The molecule has 0 atom stereocenters. The van der Waals surface area contributed by atoms with Crippen molar-refractivity contribution in [1.82, 2.24) is 0 Å². The molecule has 6 nitrogen and oxygen atoms in total. The van der Waals surface area contributed by atoms with Crippen LogP contribution in [0.5, 0.6) is 0 Å². The lowest BCUT2D eigenvalue weighted by Gasteiger charge is -2.12. The summed E-state index contributed by atoms with van der Waals surface area (Å²) >= 11 is 6.10. The van der Waals surface area contributed by atoms with Gasteiger partial charge in [0.1, 0.15) is 0 Å². The van der Waals surface area contributed by atoms with Crippen LogP contribution < -0.4 is 11.1 Å². The molecule has 7 heteroatoms. The molecule has 3 N–H and O–H groups in total. The molecular weight excluding hydrogens is 318 g/mol. The van der Waals surface area contributed by atoms with Crippen LogP contribution in [0.2, 0.25) is 5.02 Å². The van der Waals surface area contributed by atoms with Crippen molar-refractivity contribution in [3.8, 4) is 0 Å². The van der Waals surface area contributed by atoms with Crippen molar-refractivity contribution in [2.24, 2.45) is 5.73 Å². The topological polar surface area (TPSA) is 98.3 Å². The standard InChI is InChI=1S/C16H16ClN3O3/c1-10-7-13(20(22)23)9-14(17)15(10)19-6-5-11-3-2-4-12(8-11)16(18)21/h2-4,7-9,19H,5-6H2,1H3,(H2,18,21).